The summed E-state index contributed by atoms with van der Waals surface area (Å²) in [4.78, 5) is 0. The highest BCUT2D eigenvalue weighted by Crippen LogP contribution is 2.23. The summed E-state index contributed by atoms with van der Waals surface area (Å²) in [6.07, 6.45) is 2.47. The van der Waals surface area contributed by atoms with Gasteiger partial charge in [-0.25, -0.2) is 13.2 Å². The van der Waals surface area contributed by atoms with Crippen molar-refractivity contribution in [2.75, 3.05) is 0 Å². The Labute approximate surface area is 156 Å². The lowest BCUT2D eigenvalue weighted by molar-refractivity contribution is 0.342. The summed E-state index contributed by atoms with van der Waals surface area (Å²) in [7, 11) is 0. The van der Waals surface area contributed by atoms with Gasteiger partial charge in [-0.05, 0) is 34.4 Å². The summed E-state index contributed by atoms with van der Waals surface area (Å²) < 4.78 is 41.6. The summed E-state index contributed by atoms with van der Waals surface area (Å²) in [6.45, 7) is 0. The summed E-state index contributed by atoms with van der Waals surface area (Å²) in [6, 6.07) is 20.0. The number of nitriles is 1. The fourth-order valence-corrected chi connectivity index (χ4v) is 2.74. The van der Waals surface area contributed by atoms with Crippen molar-refractivity contribution in [3.8, 4) is 6.07 Å². The number of halogens is 3. The number of hydrogen-bond donors (Lipinski definition) is 0. The fourth-order valence-electron chi connectivity index (χ4n) is 2.74. The van der Waals surface area contributed by atoms with E-state index in [1.807, 2.05) is 42.5 Å². The quantitative estimate of drug-likeness (QED) is 0.491. The lowest BCUT2D eigenvalue weighted by Crippen LogP contribution is -1.96. The predicted octanol–water partition coefficient (Wildman–Crippen LogP) is 6.26. The zero-order chi connectivity index (χ0) is 19.2. The van der Waals surface area contributed by atoms with Gasteiger partial charge in [0.15, 0.2) is 0 Å². The third-order valence-corrected chi connectivity index (χ3v) is 4.20. The zero-order valence-electron chi connectivity index (χ0n) is 14.4. The molecule has 4 heteroatoms. The van der Waals surface area contributed by atoms with Crippen LogP contribution in [-0.4, -0.2) is 0 Å². The van der Waals surface area contributed by atoms with E-state index in [1.54, 1.807) is 24.3 Å². The molecule has 0 saturated carbocycles. The molecule has 0 aromatic heterocycles. The van der Waals surface area contributed by atoms with E-state index in [9.17, 15) is 13.2 Å². The normalized spacial score (nSPS) is 12.1. The van der Waals surface area contributed by atoms with Crippen molar-refractivity contribution in [3.05, 3.63) is 106 Å². The molecular weight excluding hydrogens is 347 g/mol. The van der Waals surface area contributed by atoms with E-state index in [0.717, 1.165) is 23.3 Å². The van der Waals surface area contributed by atoms with Gasteiger partial charge >= 0.3 is 0 Å². The van der Waals surface area contributed by atoms with Crippen LogP contribution < -0.4 is 0 Å². The third-order valence-electron chi connectivity index (χ3n) is 4.20. The molecule has 27 heavy (non-hydrogen) atoms. The standard InChI is InChI=1S/C23H16F3N/c24-21(19-4-2-1-3-5-19)12-17-9-6-16(7-10-17)8-11-18-13-22(25)20(15-27)23(26)14-18/h1-11,13-14,21H,12H2/b11-8+. The van der Waals surface area contributed by atoms with Gasteiger partial charge in [0.25, 0.3) is 0 Å². The van der Waals surface area contributed by atoms with Gasteiger partial charge in [0, 0.05) is 6.42 Å². The molecule has 0 aliphatic heterocycles. The second-order valence-corrected chi connectivity index (χ2v) is 6.13. The summed E-state index contributed by atoms with van der Waals surface area (Å²) >= 11 is 0. The molecule has 0 fully saturated rings. The van der Waals surface area contributed by atoms with E-state index in [-0.39, 0.29) is 6.42 Å². The molecular formula is C23H16F3N. The van der Waals surface area contributed by atoms with Gasteiger partial charge in [-0.15, -0.1) is 0 Å². The molecule has 3 aromatic carbocycles. The number of benzene rings is 3. The smallest absolute Gasteiger partial charge is 0.144 e. The van der Waals surface area contributed by atoms with Crippen LogP contribution in [0.2, 0.25) is 0 Å². The number of alkyl halides is 1. The van der Waals surface area contributed by atoms with Crippen molar-refractivity contribution in [1.29, 1.82) is 5.26 Å². The van der Waals surface area contributed by atoms with Gasteiger partial charge in [-0.1, -0.05) is 66.7 Å². The Balaban J connectivity index is 1.69. The van der Waals surface area contributed by atoms with E-state index in [0.29, 0.717) is 11.1 Å². The Hall–Kier alpha value is -3.32. The monoisotopic (exact) mass is 363 g/mol. The van der Waals surface area contributed by atoms with Crippen molar-refractivity contribution in [1.82, 2.24) is 0 Å². The molecule has 0 N–H and O–H groups in total. The van der Waals surface area contributed by atoms with Crippen LogP contribution in [0, 0.1) is 23.0 Å². The van der Waals surface area contributed by atoms with Gasteiger partial charge < -0.3 is 0 Å². The van der Waals surface area contributed by atoms with Crippen LogP contribution in [0.3, 0.4) is 0 Å². The molecule has 0 bridgehead atoms. The molecule has 0 saturated heterocycles. The molecule has 134 valence electrons. The first-order valence-electron chi connectivity index (χ1n) is 8.42. The third kappa shape index (κ3) is 4.65. The molecule has 0 spiro atoms. The molecule has 0 radical (unpaired) electrons. The maximum Gasteiger partial charge on any atom is 0.144 e. The highest BCUT2D eigenvalue weighted by atomic mass is 19.1. The van der Waals surface area contributed by atoms with Gasteiger partial charge in [0.05, 0.1) is 0 Å². The van der Waals surface area contributed by atoms with Gasteiger partial charge in [0.2, 0.25) is 0 Å². The van der Waals surface area contributed by atoms with Crippen LogP contribution in [-0.2, 0) is 6.42 Å². The second-order valence-electron chi connectivity index (χ2n) is 6.13. The van der Waals surface area contributed by atoms with Crippen molar-refractivity contribution in [2.24, 2.45) is 0 Å². The van der Waals surface area contributed by atoms with Crippen molar-refractivity contribution < 1.29 is 13.2 Å². The predicted molar refractivity (Wildman–Crippen MR) is 100 cm³/mol. The Bertz CT molecular complexity index is 963. The van der Waals surface area contributed by atoms with Crippen LogP contribution in [0.1, 0.15) is 34.0 Å². The van der Waals surface area contributed by atoms with Crippen molar-refractivity contribution >= 4 is 12.2 Å². The Morgan fingerprint density at radius 3 is 2.04 bits per heavy atom. The fraction of sp³-hybridized carbons (Fsp3) is 0.0870. The second kappa shape index (κ2) is 8.37. The minimum atomic E-state index is -1.07. The van der Waals surface area contributed by atoms with Crippen LogP contribution in [0.25, 0.3) is 12.2 Å². The lowest BCUT2D eigenvalue weighted by atomic mass is 10.0. The van der Waals surface area contributed by atoms with Crippen LogP contribution in [0.15, 0.2) is 66.7 Å². The number of nitrogens with zero attached hydrogens (tertiary/aromatic N) is 1. The van der Waals surface area contributed by atoms with E-state index >= 15 is 0 Å². The van der Waals surface area contributed by atoms with Crippen LogP contribution >= 0.6 is 0 Å². The highest BCUT2D eigenvalue weighted by molar-refractivity contribution is 5.70. The Kier molecular flexibility index (Phi) is 5.73. The zero-order valence-corrected chi connectivity index (χ0v) is 14.4. The first-order chi connectivity index (χ1) is 13.1. The maximum absolute atomic E-state index is 14.3. The Morgan fingerprint density at radius 2 is 1.44 bits per heavy atom. The average Bonchev–Trinajstić information content (AvgIpc) is 2.68. The maximum atomic E-state index is 14.3. The van der Waals surface area contributed by atoms with Gasteiger partial charge in [0.1, 0.15) is 29.4 Å². The molecule has 0 amide bonds. The van der Waals surface area contributed by atoms with Crippen molar-refractivity contribution in [2.45, 2.75) is 12.6 Å². The molecule has 1 nitrogen and oxygen atoms in total. The molecule has 3 rings (SSSR count). The average molecular weight is 363 g/mol. The first kappa shape index (κ1) is 18.5. The number of hydrogen-bond acceptors (Lipinski definition) is 1. The molecule has 0 aliphatic rings. The number of rotatable bonds is 5. The van der Waals surface area contributed by atoms with E-state index < -0.39 is 23.4 Å². The van der Waals surface area contributed by atoms with Gasteiger partial charge in [-0.3, -0.25) is 0 Å². The molecule has 1 atom stereocenters. The minimum absolute atomic E-state index is 0.278. The minimum Gasteiger partial charge on any atom is -0.242 e. The first-order valence-corrected chi connectivity index (χ1v) is 8.42. The molecule has 0 heterocycles. The SMILES string of the molecule is N#Cc1c(F)cc(/C=C/c2ccc(CC(F)c3ccccc3)cc2)cc1F. The molecule has 0 aliphatic carbocycles. The summed E-state index contributed by atoms with van der Waals surface area (Å²) in [5.41, 5.74) is 2.06. The molecule has 1 unspecified atom stereocenters. The van der Waals surface area contributed by atoms with Gasteiger partial charge in [-0.2, -0.15) is 5.26 Å². The topological polar surface area (TPSA) is 23.8 Å². The summed E-state index contributed by atoms with van der Waals surface area (Å²) in [5.74, 6) is -1.77. The molecule has 3 aromatic rings. The summed E-state index contributed by atoms with van der Waals surface area (Å²) in [5, 5.41) is 8.68. The Morgan fingerprint density at radius 1 is 0.852 bits per heavy atom. The highest BCUT2D eigenvalue weighted by Gasteiger charge is 2.10. The van der Waals surface area contributed by atoms with Crippen LogP contribution in [0.5, 0.6) is 0 Å². The van der Waals surface area contributed by atoms with E-state index in [4.69, 9.17) is 5.26 Å². The largest absolute Gasteiger partial charge is 0.242 e. The van der Waals surface area contributed by atoms with E-state index in [1.165, 1.54) is 6.07 Å². The van der Waals surface area contributed by atoms with E-state index in [2.05, 4.69) is 0 Å². The van der Waals surface area contributed by atoms with Crippen LogP contribution in [0.4, 0.5) is 13.2 Å². The van der Waals surface area contributed by atoms with Crippen molar-refractivity contribution in [3.63, 3.8) is 0 Å². The lowest BCUT2D eigenvalue weighted by Gasteiger charge is -2.08.